The number of benzene rings is 1. The zero-order chi connectivity index (χ0) is 12.6. The van der Waals surface area contributed by atoms with Gasteiger partial charge in [-0.2, -0.15) is 0 Å². The standard InChI is InChI=1S/C11H10Cl3NO2/c1-17-9-3-2-6(12)4-8(9)15-10(16)7-5-11(7,13)14/h2-4,7H,5H2,1H3,(H,15,16)/t7-/m0/s1. The maximum atomic E-state index is 11.8. The fourth-order valence-corrected chi connectivity index (χ4v) is 2.17. The van der Waals surface area contributed by atoms with Crippen LogP contribution < -0.4 is 10.1 Å². The lowest BCUT2D eigenvalue weighted by atomic mass is 10.2. The molecule has 0 bridgehead atoms. The van der Waals surface area contributed by atoms with Crippen LogP contribution in [-0.4, -0.2) is 17.4 Å². The summed E-state index contributed by atoms with van der Waals surface area (Å²) in [6.45, 7) is 0. The first kappa shape index (κ1) is 12.8. The summed E-state index contributed by atoms with van der Waals surface area (Å²) in [5, 5.41) is 3.22. The number of alkyl halides is 2. The van der Waals surface area contributed by atoms with Gasteiger partial charge in [-0.15, -0.1) is 23.2 Å². The molecule has 3 nitrogen and oxygen atoms in total. The van der Waals surface area contributed by atoms with E-state index in [4.69, 9.17) is 39.5 Å². The van der Waals surface area contributed by atoms with Gasteiger partial charge in [0.15, 0.2) is 0 Å². The van der Waals surface area contributed by atoms with E-state index in [0.717, 1.165) is 0 Å². The van der Waals surface area contributed by atoms with Gasteiger partial charge >= 0.3 is 0 Å². The number of ether oxygens (including phenoxy) is 1. The van der Waals surface area contributed by atoms with Crippen LogP contribution in [0.5, 0.6) is 5.75 Å². The quantitative estimate of drug-likeness (QED) is 0.867. The molecular weight excluding hydrogens is 284 g/mol. The maximum absolute atomic E-state index is 11.8. The van der Waals surface area contributed by atoms with Crippen LogP contribution in [0.2, 0.25) is 5.02 Å². The van der Waals surface area contributed by atoms with E-state index in [-0.39, 0.29) is 11.8 Å². The summed E-state index contributed by atoms with van der Waals surface area (Å²) < 4.78 is 4.18. The molecule has 1 aromatic carbocycles. The molecule has 1 aliphatic rings. The first-order valence-corrected chi connectivity index (χ1v) is 6.09. The summed E-state index contributed by atoms with van der Waals surface area (Å²) in [6.07, 6.45) is 0.463. The van der Waals surface area contributed by atoms with E-state index in [0.29, 0.717) is 22.9 Å². The Morgan fingerprint density at radius 3 is 2.71 bits per heavy atom. The summed E-state index contributed by atoms with van der Waals surface area (Å²) in [7, 11) is 1.52. The summed E-state index contributed by atoms with van der Waals surface area (Å²) >= 11 is 17.5. The van der Waals surface area contributed by atoms with E-state index < -0.39 is 4.33 Å². The van der Waals surface area contributed by atoms with E-state index >= 15 is 0 Å². The van der Waals surface area contributed by atoms with Crippen molar-refractivity contribution in [2.75, 3.05) is 12.4 Å². The van der Waals surface area contributed by atoms with Crippen LogP contribution >= 0.6 is 34.8 Å². The minimum atomic E-state index is -0.935. The molecule has 0 heterocycles. The molecule has 0 aliphatic heterocycles. The molecule has 0 spiro atoms. The molecule has 0 saturated heterocycles. The fraction of sp³-hybridized carbons (Fsp3) is 0.364. The van der Waals surface area contributed by atoms with Gasteiger partial charge in [0.2, 0.25) is 5.91 Å². The monoisotopic (exact) mass is 293 g/mol. The fourth-order valence-electron chi connectivity index (χ4n) is 1.50. The van der Waals surface area contributed by atoms with E-state index in [1.807, 2.05) is 0 Å². The highest BCUT2D eigenvalue weighted by molar-refractivity contribution is 6.52. The lowest BCUT2D eigenvalue weighted by Gasteiger charge is -2.10. The van der Waals surface area contributed by atoms with Crippen LogP contribution in [0.4, 0.5) is 5.69 Å². The molecule has 1 amide bonds. The number of hydrogen-bond donors (Lipinski definition) is 1. The zero-order valence-corrected chi connectivity index (χ0v) is 11.2. The SMILES string of the molecule is COc1ccc(Cl)cc1NC(=O)[C@@H]1CC1(Cl)Cl. The maximum Gasteiger partial charge on any atom is 0.230 e. The van der Waals surface area contributed by atoms with Crippen LogP contribution in [0.3, 0.4) is 0 Å². The Hall–Kier alpha value is -0.640. The van der Waals surface area contributed by atoms with Gasteiger partial charge in [-0.05, 0) is 24.6 Å². The lowest BCUT2D eigenvalue weighted by Crippen LogP contribution is -2.17. The molecule has 0 radical (unpaired) electrons. The number of halogens is 3. The lowest BCUT2D eigenvalue weighted by molar-refractivity contribution is -0.117. The first-order chi connectivity index (χ1) is 7.94. The van der Waals surface area contributed by atoms with Gasteiger partial charge in [0.05, 0.1) is 18.7 Å². The largest absolute Gasteiger partial charge is 0.495 e. The molecule has 1 aliphatic carbocycles. The van der Waals surface area contributed by atoms with Crippen molar-refractivity contribution >= 4 is 46.4 Å². The highest BCUT2D eigenvalue weighted by Crippen LogP contribution is 2.53. The van der Waals surface area contributed by atoms with Gasteiger partial charge in [-0.25, -0.2) is 0 Å². The van der Waals surface area contributed by atoms with Crippen LogP contribution in [0.1, 0.15) is 6.42 Å². The molecule has 92 valence electrons. The number of rotatable bonds is 3. The first-order valence-electron chi connectivity index (χ1n) is 4.96. The molecule has 0 unspecified atom stereocenters. The van der Waals surface area contributed by atoms with Gasteiger partial charge in [-0.1, -0.05) is 11.6 Å². The molecule has 1 atom stereocenters. The molecule has 1 N–H and O–H groups in total. The third-order valence-electron chi connectivity index (χ3n) is 2.56. The third-order valence-corrected chi connectivity index (χ3v) is 3.63. The van der Waals surface area contributed by atoms with Crippen molar-refractivity contribution in [3.63, 3.8) is 0 Å². The average Bonchev–Trinajstić information content (AvgIpc) is 2.88. The Kier molecular flexibility index (Phi) is 3.43. The Morgan fingerprint density at radius 2 is 2.18 bits per heavy atom. The second-order valence-corrected chi connectivity index (χ2v) is 5.83. The highest BCUT2D eigenvalue weighted by atomic mass is 35.5. The number of hydrogen-bond acceptors (Lipinski definition) is 2. The predicted molar refractivity (Wildman–Crippen MR) is 69.2 cm³/mol. The number of nitrogens with one attached hydrogen (secondary N) is 1. The minimum Gasteiger partial charge on any atom is -0.495 e. The minimum absolute atomic E-state index is 0.226. The number of methoxy groups -OCH3 is 1. The second kappa shape index (κ2) is 4.56. The van der Waals surface area contributed by atoms with Crippen LogP contribution in [0.15, 0.2) is 18.2 Å². The van der Waals surface area contributed by atoms with E-state index in [1.165, 1.54) is 7.11 Å². The molecule has 1 aromatic rings. The summed E-state index contributed by atoms with van der Waals surface area (Å²) in [6, 6.07) is 4.98. The van der Waals surface area contributed by atoms with Gasteiger partial charge < -0.3 is 10.1 Å². The van der Waals surface area contributed by atoms with Crippen LogP contribution in [0, 0.1) is 5.92 Å². The summed E-state index contributed by atoms with van der Waals surface area (Å²) in [5.74, 6) is -0.0665. The highest BCUT2D eigenvalue weighted by Gasteiger charge is 2.56. The molecule has 2 rings (SSSR count). The third kappa shape index (κ3) is 2.79. The molecule has 0 aromatic heterocycles. The van der Waals surface area contributed by atoms with Crippen molar-refractivity contribution in [1.82, 2.24) is 0 Å². The normalized spacial score (nSPS) is 20.8. The molecule has 1 fully saturated rings. The Bertz CT molecular complexity index is 462. The van der Waals surface area contributed by atoms with Crippen molar-refractivity contribution in [2.24, 2.45) is 5.92 Å². The zero-order valence-electron chi connectivity index (χ0n) is 8.97. The molecule has 1 saturated carbocycles. The van der Waals surface area contributed by atoms with Gasteiger partial charge in [0, 0.05) is 5.02 Å². The van der Waals surface area contributed by atoms with Crippen molar-refractivity contribution in [3.8, 4) is 5.75 Å². The smallest absolute Gasteiger partial charge is 0.230 e. The Labute approximate surface area is 114 Å². The average molecular weight is 295 g/mol. The number of amides is 1. The second-order valence-electron chi connectivity index (χ2n) is 3.85. The van der Waals surface area contributed by atoms with Gasteiger partial charge in [0.1, 0.15) is 10.1 Å². The number of carbonyl (C=O) groups is 1. The van der Waals surface area contributed by atoms with Crippen molar-refractivity contribution in [2.45, 2.75) is 10.8 Å². The van der Waals surface area contributed by atoms with Crippen LogP contribution in [-0.2, 0) is 4.79 Å². The van der Waals surface area contributed by atoms with Gasteiger partial charge in [-0.3, -0.25) is 4.79 Å². The van der Waals surface area contributed by atoms with Crippen molar-refractivity contribution < 1.29 is 9.53 Å². The summed E-state index contributed by atoms with van der Waals surface area (Å²) in [5.41, 5.74) is 0.515. The van der Waals surface area contributed by atoms with E-state index in [1.54, 1.807) is 18.2 Å². The molecular formula is C11H10Cl3NO2. The summed E-state index contributed by atoms with van der Waals surface area (Å²) in [4.78, 5) is 11.8. The van der Waals surface area contributed by atoms with Crippen molar-refractivity contribution in [3.05, 3.63) is 23.2 Å². The Balaban J connectivity index is 2.13. The van der Waals surface area contributed by atoms with E-state index in [2.05, 4.69) is 5.32 Å². The van der Waals surface area contributed by atoms with Crippen molar-refractivity contribution in [1.29, 1.82) is 0 Å². The van der Waals surface area contributed by atoms with Gasteiger partial charge in [0.25, 0.3) is 0 Å². The predicted octanol–water partition coefficient (Wildman–Crippen LogP) is 3.48. The van der Waals surface area contributed by atoms with E-state index in [9.17, 15) is 4.79 Å². The number of carbonyl (C=O) groups excluding carboxylic acids is 1. The topological polar surface area (TPSA) is 38.3 Å². The molecule has 17 heavy (non-hydrogen) atoms. The number of anilines is 1. The van der Waals surface area contributed by atoms with Crippen LogP contribution in [0.25, 0.3) is 0 Å². The molecule has 6 heteroatoms. The Morgan fingerprint density at radius 1 is 1.53 bits per heavy atom.